The monoisotopic (exact) mass is 408 g/mol. The highest BCUT2D eigenvalue weighted by Crippen LogP contribution is 2.29. The summed E-state index contributed by atoms with van der Waals surface area (Å²) in [6, 6.07) is 6.90. The molecular weight excluding hydrogens is 399 g/mol. The molecule has 0 radical (unpaired) electrons. The zero-order valence-electron chi connectivity index (χ0n) is 13.1. The van der Waals surface area contributed by atoms with Gasteiger partial charge in [-0.1, -0.05) is 0 Å². The number of benzene rings is 2. The second-order valence-corrected chi connectivity index (χ2v) is 5.50. The highest BCUT2D eigenvalue weighted by atomic mass is 35.5. The Kier molecular flexibility index (Phi) is 5.89. The summed E-state index contributed by atoms with van der Waals surface area (Å²) < 4.78 is 66.5. The van der Waals surface area contributed by atoms with Crippen LogP contribution >= 0.6 is 11.6 Å². The molecule has 0 aliphatic rings. The summed E-state index contributed by atoms with van der Waals surface area (Å²) >= 11 is 4.61. The second-order valence-electron chi connectivity index (χ2n) is 5.06. The average Bonchev–Trinajstić information content (AvgIpc) is 2.54. The summed E-state index contributed by atoms with van der Waals surface area (Å²) in [5.41, 5.74) is -4.85. The Hall–Kier alpha value is -2.88. The second kappa shape index (κ2) is 7.78. The van der Waals surface area contributed by atoms with Crippen LogP contribution in [0.1, 0.15) is 15.9 Å². The largest absolute Gasteiger partial charge is 0.487 e. The van der Waals surface area contributed by atoms with Gasteiger partial charge in [-0.15, -0.1) is 8.78 Å². The van der Waals surface area contributed by atoms with Crippen molar-refractivity contribution in [3.05, 3.63) is 59.7 Å². The minimum atomic E-state index is -4.55. The summed E-state index contributed by atoms with van der Waals surface area (Å²) in [5.74, 6) is -1.19. The van der Waals surface area contributed by atoms with Crippen LogP contribution in [0.25, 0.3) is 0 Å². The van der Waals surface area contributed by atoms with Crippen molar-refractivity contribution in [2.45, 2.75) is 11.7 Å². The molecule has 0 saturated carbocycles. The van der Waals surface area contributed by atoms with Gasteiger partial charge in [0.1, 0.15) is 5.75 Å². The number of hydrogen-bond donors (Lipinski definition) is 2. The first kappa shape index (κ1) is 20.4. The van der Waals surface area contributed by atoms with Crippen LogP contribution in [-0.4, -0.2) is 17.5 Å². The number of carbonyl (C=O) groups is 2. The van der Waals surface area contributed by atoms with Gasteiger partial charge in [0, 0.05) is 22.9 Å². The lowest BCUT2D eigenvalue weighted by Crippen LogP contribution is -2.34. The molecule has 0 saturated heterocycles. The fourth-order valence-electron chi connectivity index (χ4n) is 1.89. The first-order valence-corrected chi connectivity index (χ1v) is 7.47. The van der Waals surface area contributed by atoms with Crippen molar-refractivity contribution in [3.8, 4) is 5.75 Å². The molecule has 0 bridgehead atoms. The molecule has 2 aromatic carbocycles. The fraction of sp³-hybridized carbons (Fsp3) is 0.125. The van der Waals surface area contributed by atoms with Crippen LogP contribution < -0.4 is 15.4 Å². The fourth-order valence-corrected chi connectivity index (χ4v) is 1.98. The number of nitrogens with one attached hydrogen (secondary N) is 2. The molecule has 0 fully saturated rings. The van der Waals surface area contributed by atoms with E-state index in [9.17, 15) is 31.5 Å². The van der Waals surface area contributed by atoms with Crippen molar-refractivity contribution in [2.75, 3.05) is 5.32 Å². The van der Waals surface area contributed by atoms with Crippen LogP contribution in [0.5, 0.6) is 5.75 Å². The Balaban J connectivity index is 1.94. The Morgan fingerprint density at radius 3 is 1.93 bits per heavy atom. The van der Waals surface area contributed by atoms with Crippen molar-refractivity contribution < 1.29 is 36.3 Å². The summed E-state index contributed by atoms with van der Waals surface area (Å²) in [4.78, 5) is 23.6. The van der Waals surface area contributed by atoms with Crippen LogP contribution in [0.15, 0.2) is 48.5 Å². The van der Waals surface area contributed by atoms with E-state index in [0.29, 0.717) is 12.1 Å². The highest BCUT2D eigenvalue weighted by Gasteiger charge is 2.30. The first-order valence-electron chi connectivity index (χ1n) is 7.09. The minimum absolute atomic E-state index is 0.137. The van der Waals surface area contributed by atoms with E-state index in [1.165, 1.54) is 12.1 Å². The SMILES string of the molecule is O=C(NC(=O)c1ccc(C(F)(F)F)cc1)Nc1ccc(OC(F)(F)Cl)cc1. The third-order valence-corrected chi connectivity index (χ3v) is 3.12. The summed E-state index contributed by atoms with van der Waals surface area (Å²) in [6.07, 6.45) is -4.55. The number of hydrogen-bond acceptors (Lipinski definition) is 3. The molecule has 0 heterocycles. The van der Waals surface area contributed by atoms with Gasteiger partial charge in [0.15, 0.2) is 0 Å². The maximum atomic E-state index is 12.5. The standard InChI is InChI=1S/C16H10ClF5N2O3/c17-16(21,22)27-12-7-5-11(6-8-12)23-14(26)24-13(25)9-1-3-10(4-2-9)15(18,19)20/h1-8H,(H2,23,24,25,26). The van der Waals surface area contributed by atoms with E-state index in [4.69, 9.17) is 0 Å². The predicted octanol–water partition coefficient (Wildman–Crippen LogP) is 4.84. The van der Waals surface area contributed by atoms with Crippen LogP contribution in [0.3, 0.4) is 0 Å². The van der Waals surface area contributed by atoms with Gasteiger partial charge < -0.3 is 10.1 Å². The smallest absolute Gasteiger partial charge is 0.420 e. The number of alkyl halides is 6. The molecule has 11 heteroatoms. The van der Waals surface area contributed by atoms with Gasteiger partial charge in [-0.2, -0.15) is 13.2 Å². The minimum Gasteiger partial charge on any atom is -0.420 e. The van der Waals surface area contributed by atoms with Crippen LogP contribution in [0.4, 0.5) is 32.4 Å². The third-order valence-electron chi connectivity index (χ3n) is 3.05. The Morgan fingerprint density at radius 2 is 1.44 bits per heavy atom. The van der Waals surface area contributed by atoms with Crippen LogP contribution in [-0.2, 0) is 6.18 Å². The molecule has 2 rings (SSSR count). The Morgan fingerprint density at radius 1 is 0.889 bits per heavy atom. The van der Waals surface area contributed by atoms with E-state index in [1.807, 2.05) is 5.32 Å². The molecular formula is C16H10ClF5N2O3. The molecule has 27 heavy (non-hydrogen) atoms. The van der Waals surface area contributed by atoms with Gasteiger partial charge in [0.05, 0.1) is 5.56 Å². The maximum Gasteiger partial charge on any atom is 0.487 e. The number of halogens is 6. The Bertz CT molecular complexity index is 818. The molecule has 0 atom stereocenters. The summed E-state index contributed by atoms with van der Waals surface area (Å²) in [7, 11) is 0. The Labute approximate surface area is 154 Å². The van der Waals surface area contributed by atoms with E-state index in [2.05, 4.69) is 21.7 Å². The van der Waals surface area contributed by atoms with Crippen molar-refractivity contribution in [1.82, 2.24) is 5.32 Å². The van der Waals surface area contributed by atoms with E-state index in [-0.39, 0.29) is 17.0 Å². The van der Waals surface area contributed by atoms with Gasteiger partial charge in [0.25, 0.3) is 5.91 Å². The summed E-state index contributed by atoms with van der Waals surface area (Å²) in [6.45, 7) is 0. The molecule has 2 N–H and O–H groups in total. The van der Waals surface area contributed by atoms with Crippen molar-refractivity contribution in [3.63, 3.8) is 0 Å². The molecule has 0 aromatic heterocycles. The number of amides is 3. The highest BCUT2D eigenvalue weighted by molar-refractivity contribution is 6.20. The van der Waals surface area contributed by atoms with Crippen molar-refractivity contribution in [1.29, 1.82) is 0 Å². The molecule has 2 aromatic rings. The summed E-state index contributed by atoms with van der Waals surface area (Å²) in [5, 5.41) is 4.15. The van der Waals surface area contributed by atoms with Crippen LogP contribution in [0, 0.1) is 0 Å². The number of rotatable bonds is 4. The zero-order chi connectivity index (χ0) is 20.2. The first-order chi connectivity index (χ1) is 12.4. The van der Waals surface area contributed by atoms with E-state index < -0.39 is 29.2 Å². The third kappa shape index (κ3) is 6.41. The number of anilines is 1. The number of urea groups is 1. The lowest BCUT2D eigenvalue weighted by atomic mass is 10.1. The molecule has 3 amide bonds. The molecule has 0 spiro atoms. The van der Waals surface area contributed by atoms with Crippen molar-refractivity contribution in [2.24, 2.45) is 0 Å². The molecule has 0 aliphatic heterocycles. The topological polar surface area (TPSA) is 67.4 Å². The molecule has 144 valence electrons. The lowest BCUT2D eigenvalue weighted by Gasteiger charge is -2.11. The zero-order valence-corrected chi connectivity index (χ0v) is 13.9. The number of imide groups is 1. The normalized spacial score (nSPS) is 11.6. The lowest BCUT2D eigenvalue weighted by molar-refractivity contribution is -0.137. The average molecular weight is 409 g/mol. The molecule has 0 unspecified atom stereocenters. The predicted molar refractivity (Wildman–Crippen MR) is 85.8 cm³/mol. The molecule has 5 nitrogen and oxygen atoms in total. The maximum absolute atomic E-state index is 12.5. The van der Waals surface area contributed by atoms with Gasteiger partial charge in [0.2, 0.25) is 0 Å². The van der Waals surface area contributed by atoms with Gasteiger partial charge in [-0.25, -0.2) is 4.79 Å². The quantitative estimate of drug-likeness (QED) is 0.562. The van der Waals surface area contributed by atoms with Crippen molar-refractivity contribution >= 4 is 29.2 Å². The van der Waals surface area contributed by atoms with Gasteiger partial charge in [-0.05, 0) is 48.5 Å². The van der Waals surface area contributed by atoms with Gasteiger partial charge in [-0.3, -0.25) is 10.1 Å². The number of ether oxygens (including phenoxy) is 1. The number of carbonyl (C=O) groups excluding carboxylic acids is 2. The van der Waals surface area contributed by atoms with E-state index in [1.54, 1.807) is 0 Å². The molecule has 0 aliphatic carbocycles. The van der Waals surface area contributed by atoms with Crippen LogP contribution in [0.2, 0.25) is 0 Å². The van der Waals surface area contributed by atoms with E-state index >= 15 is 0 Å². The van der Waals surface area contributed by atoms with Gasteiger partial charge >= 0.3 is 17.8 Å². The van der Waals surface area contributed by atoms with E-state index in [0.717, 1.165) is 24.3 Å².